The SMILES string of the molecule is CC[C@H](C)[C@H](C)CCCN. The maximum Gasteiger partial charge on any atom is -0.00772 e. The first-order valence-electron chi connectivity index (χ1n) is 4.42. The smallest absolute Gasteiger partial charge is 0.00772 e. The van der Waals surface area contributed by atoms with Gasteiger partial charge in [-0.05, 0) is 31.2 Å². The summed E-state index contributed by atoms with van der Waals surface area (Å²) in [6.07, 6.45) is 3.78. The molecule has 0 aliphatic rings. The van der Waals surface area contributed by atoms with E-state index in [4.69, 9.17) is 5.73 Å². The highest BCUT2D eigenvalue weighted by Crippen LogP contribution is 2.18. The summed E-state index contributed by atoms with van der Waals surface area (Å²) in [4.78, 5) is 0. The lowest BCUT2D eigenvalue weighted by molar-refractivity contribution is 0.349. The van der Waals surface area contributed by atoms with E-state index in [2.05, 4.69) is 20.8 Å². The van der Waals surface area contributed by atoms with Crippen LogP contribution in [-0.4, -0.2) is 6.54 Å². The molecule has 10 heavy (non-hydrogen) atoms. The van der Waals surface area contributed by atoms with Gasteiger partial charge in [-0.15, -0.1) is 0 Å². The minimum atomic E-state index is 0.848. The van der Waals surface area contributed by atoms with E-state index in [9.17, 15) is 0 Å². The molecule has 0 aromatic carbocycles. The summed E-state index contributed by atoms with van der Waals surface area (Å²) in [5.41, 5.74) is 5.42. The monoisotopic (exact) mass is 143 g/mol. The van der Waals surface area contributed by atoms with Crippen LogP contribution >= 0.6 is 0 Å². The van der Waals surface area contributed by atoms with Gasteiger partial charge in [-0.25, -0.2) is 0 Å². The predicted molar refractivity (Wildman–Crippen MR) is 46.9 cm³/mol. The van der Waals surface area contributed by atoms with Gasteiger partial charge in [0.05, 0.1) is 0 Å². The van der Waals surface area contributed by atoms with Crippen molar-refractivity contribution in [1.29, 1.82) is 0 Å². The topological polar surface area (TPSA) is 26.0 Å². The number of hydrogen-bond donors (Lipinski definition) is 1. The van der Waals surface area contributed by atoms with Crippen LogP contribution in [0.1, 0.15) is 40.0 Å². The average Bonchev–Trinajstić information content (AvgIpc) is 1.98. The summed E-state index contributed by atoms with van der Waals surface area (Å²) in [5.74, 6) is 1.72. The molecule has 0 aromatic heterocycles. The fourth-order valence-electron chi connectivity index (χ4n) is 1.13. The second kappa shape index (κ2) is 5.72. The molecule has 0 spiro atoms. The van der Waals surface area contributed by atoms with Crippen LogP contribution in [0.15, 0.2) is 0 Å². The predicted octanol–water partition coefficient (Wildman–Crippen LogP) is 2.41. The zero-order valence-corrected chi connectivity index (χ0v) is 7.56. The van der Waals surface area contributed by atoms with Crippen LogP contribution in [0.2, 0.25) is 0 Å². The molecule has 0 heterocycles. The standard InChI is InChI=1S/C9H21N/c1-4-8(2)9(3)6-5-7-10/h8-9H,4-7,10H2,1-3H3/t8-,9+/m0/s1. The molecular formula is C9H21N. The summed E-state index contributed by atoms with van der Waals surface area (Å²) in [5, 5.41) is 0. The molecule has 62 valence electrons. The molecule has 0 bridgehead atoms. The van der Waals surface area contributed by atoms with Crippen LogP contribution in [0.3, 0.4) is 0 Å². The highest BCUT2D eigenvalue weighted by molar-refractivity contribution is 4.60. The van der Waals surface area contributed by atoms with Crippen LogP contribution in [0.4, 0.5) is 0 Å². The second-order valence-electron chi connectivity index (χ2n) is 3.29. The van der Waals surface area contributed by atoms with Crippen molar-refractivity contribution in [2.75, 3.05) is 6.54 Å². The van der Waals surface area contributed by atoms with Crippen molar-refractivity contribution in [1.82, 2.24) is 0 Å². The molecule has 0 saturated heterocycles. The third kappa shape index (κ3) is 3.89. The second-order valence-corrected chi connectivity index (χ2v) is 3.29. The summed E-state index contributed by atoms with van der Waals surface area (Å²) >= 11 is 0. The van der Waals surface area contributed by atoms with E-state index in [1.165, 1.54) is 19.3 Å². The Hall–Kier alpha value is -0.0400. The van der Waals surface area contributed by atoms with Gasteiger partial charge >= 0.3 is 0 Å². The van der Waals surface area contributed by atoms with Gasteiger partial charge in [0, 0.05) is 0 Å². The molecule has 0 rings (SSSR count). The Bertz CT molecular complexity index is 71.1. The lowest BCUT2D eigenvalue weighted by Gasteiger charge is -2.17. The molecule has 0 saturated carbocycles. The third-order valence-electron chi connectivity index (χ3n) is 2.48. The molecular weight excluding hydrogens is 122 g/mol. The van der Waals surface area contributed by atoms with Crippen LogP contribution in [-0.2, 0) is 0 Å². The Morgan fingerprint density at radius 3 is 2.20 bits per heavy atom. The zero-order valence-electron chi connectivity index (χ0n) is 7.56. The van der Waals surface area contributed by atoms with Crippen LogP contribution in [0.5, 0.6) is 0 Å². The van der Waals surface area contributed by atoms with Crippen LogP contribution in [0, 0.1) is 11.8 Å². The number of hydrogen-bond acceptors (Lipinski definition) is 1. The highest BCUT2D eigenvalue weighted by Gasteiger charge is 2.08. The first-order chi connectivity index (χ1) is 4.72. The van der Waals surface area contributed by atoms with Gasteiger partial charge < -0.3 is 5.73 Å². The minimum Gasteiger partial charge on any atom is -0.330 e. The fourth-order valence-corrected chi connectivity index (χ4v) is 1.13. The Labute approximate surface area is 65.0 Å². The van der Waals surface area contributed by atoms with Crippen molar-refractivity contribution >= 4 is 0 Å². The highest BCUT2D eigenvalue weighted by atomic mass is 14.5. The van der Waals surface area contributed by atoms with E-state index in [1.807, 2.05) is 0 Å². The molecule has 0 fully saturated rings. The molecule has 2 N–H and O–H groups in total. The van der Waals surface area contributed by atoms with E-state index in [1.54, 1.807) is 0 Å². The van der Waals surface area contributed by atoms with Crippen LogP contribution in [0.25, 0.3) is 0 Å². The van der Waals surface area contributed by atoms with Gasteiger partial charge in [0.2, 0.25) is 0 Å². The molecule has 0 aromatic rings. The molecule has 2 atom stereocenters. The molecule has 0 unspecified atom stereocenters. The lowest BCUT2D eigenvalue weighted by atomic mass is 9.90. The Balaban J connectivity index is 3.31. The quantitative estimate of drug-likeness (QED) is 0.628. The molecule has 1 nitrogen and oxygen atoms in total. The van der Waals surface area contributed by atoms with Crippen molar-refractivity contribution in [3.05, 3.63) is 0 Å². The van der Waals surface area contributed by atoms with Crippen molar-refractivity contribution in [2.45, 2.75) is 40.0 Å². The van der Waals surface area contributed by atoms with Crippen LogP contribution < -0.4 is 5.73 Å². The van der Waals surface area contributed by atoms with E-state index < -0.39 is 0 Å². The zero-order chi connectivity index (χ0) is 7.98. The van der Waals surface area contributed by atoms with Gasteiger partial charge in [0.25, 0.3) is 0 Å². The van der Waals surface area contributed by atoms with Crippen molar-refractivity contribution < 1.29 is 0 Å². The third-order valence-corrected chi connectivity index (χ3v) is 2.48. The Morgan fingerprint density at radius 2 is 1.80 bits per heavy atom. The summed E-state index contributed by atoms with van der Waals surface area (Å²) in [6.45, 7) is 7.75. The van der Waals surface area contributed by atoms with E-state index in [0.29, 0.717) is 0 Å². The Morgan fingerprint density at radius 1 is 1.20 bits per heavy atom. The van der Waals surface area contributed by atoms with Crippen molar-refractivity contribution in [3.8, 4) is 0 Å². The van der Waals surface area contributed by atoms with E-state index in [-0.39, 0.29) is 0 Å². The largest absolute Gasteiger partial charge is 0.330 e. The normalized spacial score (nSPS) is 16.8. The minimum absolute atomic E-state index is 0.848. The van der Waals surface area contributed by atoms with Gasteiger partial charge in [-0.3, -0.25) is 0 Å². The van der Waals surface area contributed by atoms with Crippen molar-refractivity contribution in [2.24, 2.45) is 17.6 Å². The average molecular weight is 143 g/mol. The number of rotatable bonds is 5. The van der Waals surface area contributed by atoms with Gasteiger partial charge in [0.15, 0.2) is 0 Å². The Kier molecular flexibility index (Phi) is 5.70. The maximum atomic E-state index is 5.42. The van der Waals surface area contributed by atoms with Gasteiger partial charge in [-0.2, -0.15) is 0 Å². The molecule has 0 aliphatic carbocycles. The fraction of sp³-hybridized carbons (Fsp3) is 1.00. The molecule has 0 amide bonds. The maximum absolute atomic E-state index is 5.42. The molecule has 1 heteroatoms. The molecule has 0 radical (unpaired) electrons. The van der Waals surface area contributed by atoms with E-state index >= 15 is 0 Å². The lowest BCUT2D eigenvalue weighted by Crippen LogP contribution is -2.09. The summed E-state index contributed by atoms with van der Waals surface area (Å²) < 4.78 is 0. The van der Waals surface area contributed by atoms with Gasteiger partial charge in [0.1, 0.15) is 0 Å². The van der Waals surface area contributed by atoms with Crippen molar-refractivity contribution in [3.63, 3.8) is 0 Å². The van der Waals surface area contributed by atoms with Gasteiger partial charge in [-0.1, -0.05) is 27.2 Å². The molecule has 0 aliphatic heterocycles. The summed E-state index contributed by atoms with van der Waals surface area (Å²) in [6, 6.07) is 0. The van der Waals surface area contributed by atoms with E-state index in [0.717, 1.165) is 18.4 Å². The number of nitrogens with two attached hydrogens (primary N) is 1. The first-order valence-corrected chi connectivity index (χ1v) is 4.42. The first kappa shape index (κ1) is 9.96. The summed E-state index contributed by atoms with van der Waals surface area (Å²) in [7, 11) is 0.